The number of ether oxygens (including phenoxy) is 1. The van der Waals surface area contributed by atoms with E-state index in [0.29, 0.717) is 0 Å². The fourth-order valence-electron chi connectivity index (χ4n) is 1.19. The molecule has 8 heteroatoms. The van der Waals surface area contributed by atoms with Crippen LogP contribution in [-0.2, 0) is 19.6 Å². The van der Waals surface area contributed by atoms with Gasteiger partial charge in [-0.1, -0.05) is 6.07 Å². The van der Waals surface area contributed by atoms with Crippen LogP contribution in [0, 0.1) is 0 Å². The van der Waals surface area contributed by atoms with Crippen molar-refractivity contribution in [2.75, 3.05) is 7.05 Å². The third-order valence-corrected chi connectivity index (χ3v) is 3.75. The zero-order chi connectivity index (χ0) is 14.6. The van der Waals surface area contributed by atoms with E-state index in [0.717, 1.165) is 6.07 Å². The monoisotopic (exact) mass is 286 g/mol. The lowest BCUT2D eigenvalue weighted by Gasteiger charge is -2.10. The highest BCUT2D eigenvalue weighted by Crippen LogP contribution is 2.12. The molecule has 0 aliphatic rings. The summed E-state index contributed by atoms with van der Waals surface area (Å²) >= 11 is 0. The molecular formula is C11H14N2O5S. The van der Waals surface area contributed by atoms with E-state index >= 15 is 0 Å². The van der Waals surface area contributed by atoms with Crippen molar-refractivity contribution in [1.82, 2.24) is 4.72 Å². The number of primary amides is 1. The number of hydrogen-bond acceptors (Lipinski definition) is 5. The van der Waals surface area contributed by atoms with E-state index in [-0.39, 0.29) is 10.5 Å². The molecule has 0 unspecified atom stereocenters. The highest BCUT2D eigenvalue weighted by molar-refractivity contribution is 7.89. The molecule has 1 aromatic carbocycles. The van der Waals surface area contributed by atoms with E-state index in [1.807, 2.05) is 0 Å². The Kier molecular flexibility index (Phi) is 4.62. The molecule has 0 aliphatic heterocycles. The van der Waals surface area contributed by atoms with E-state index in [9.17, 15) is 18.0 Å². The highest BCUT2D eigenvalue weighted by atomic mass is 32.2. The number of nitrogens with one attached hydrogen (secondary N) is 1. The zero-order valence-corrected chi connectivity index (χ0v) is 11.2. The molecule has 7 nitrogen and oxygen atoms in total. The molecule has 0 bridgehead atoms. The van der Waals surface area contributed by atoms with E-state index in [1.165, 1.54) is 32.2 Å². The van der Waals surface area contributed by atoms with Crippen molar-refractivity contribution < 1.29 is 22.7 Å². The molecule has 104 valence electrons. The van der Waals surface area contributed by atoms with Crippen LogP contribution in [0.4, 0.5) is 0 Å². The van der Waals surface area contributed by atoms with Gasteiger partial charge in [0.1, 0.15) is 0 Å². The van der Waals surface area contributed by atoms with Gasteiger partial charge in [0, 0.05) is 0 Å². The molecule has 19 heavy (non-hydrogen) atoms. The van der Waals surface area contributed by atoms with Crippen molar-refractivity contribution in [1.29, 1.82) is 0 Å². The van der Waals surface area contributed by atoms with Crippen molar-refractivity contribution in [3.05, 3.63) is 29.8 Å². The number of carbonyl (C=O) groups is 2. The summed E-state index contributed by atoms with van der Waals surface area (Å²) in [7, 11) is -2.39. The molecule has 0 radical (unpaired) electrons. The smallest absolute Gasteiger partial charge is 0.338 e. The first-order valence-electron chi connectivity index (χ1n) is 5.32. The van der Waals surface area contributed by atoms with Crippen molar-refractivity contribution in [2.45, 2.75) is 17.9 Å². The average Bonchev–Trinajstić information content (AvgIpc) is 2.38. The third-order valence-electron chi connectivity index (χ3n) is 2.33. The largest absolute Gasteiger partial charge is 0.449 e. The summed E-state index contributed by atoms with van der Waals surface area (Å²) in [4.78, 5) is 22.4. The van der Waals surface area contributed by atoms with Gasteiger partial charge in [0.15, 0.2) is 6.10 Å². The van der Waals surface area contributed by atoms with Gasteiger partial charge in [0.05, 0.1) is 10.5 Å². The number of benzene rings is 1. The van der Waals surface area contributed by atoms with Crippen molar-refractivity contribution >= 4 is 21.9 Å². The molecule has 0 fully saturated rings. The molecule has 3 N–H and O–H groups in total. The summed E-state index contributed by atoms with van der Waals surface area (Å²) in [5.74, 6) is -1.60. The summed E-state index contributed by atoms with van der Waals surface area (Å²) < 4.78 is 30.0. The first kappa shape index (κ1) is 15.1. The van der Waals surface area contributed by atoms with Crippen LogP contribution in [0.3, 0.4) is 0 Å². The Morgan fingerprint density at radius 3 is 2.53 bits per heavy atom. The number of esters is 1. The van der Waals surface area contributed by atoms with Gasteiger partial charge in [0.2, 0.25) is 10.0 Å². The second-order valence-corrected chi connectivity index (χ2v) is 5.57. The van der Waals surface area contributed by atoms with Gasteiger partial charge in [0.25, 0.3) is 5.91 Å². The molecular weight excluding hydrogens is 272 g/mol. The minimum Gasteiger partial charge on any atom is -0.449 e. The Morgan fingerprint density at radius 1 is 1.37 bits per heavy atom. The van der Waals surface area contributed by atoms with Gasteiger partial charge in [-0.3, -0.25) is 4.79 Å². The molecule has 1 amide bonds. The lowest BCUT2D eigenvalue weighted by atomic mass is 10.2. The quantitative estimate of drug-likeness (QED) is 0.716. The predicted octanol–water partition coefficient (Wildman–Crippen LogP) is -0.375. The molecule has 0 spiro atoms. The Hall–Kier alpha value is -1.93. The average molecular weight is 286 g/mol. The maximum absolute atomic E-state index is 11.7. The lowest BCUT2D eigenvalue weighted by molar-refractivity contribution is -0.125. The molecule has 1 rings (SSSR count). The Labute approximate surface area is 110 Å². The van der Waals surface area contributed by atoms with E-state index in [4.69, 9.17) is 10.5 Å². The number of rotatable bonds is 5. The SMILES string of the molecule is CNS(=O)(=O)c1cccc(C(=O)O[C@H](C)C(N)=O)c1. The van der Waals surface area contributed by atoms with Gasteiger partial charge < -0.3 is 10.5 Å². The summed E-state index contributed by atoms with van der Waals surface area (Å²) in [6.45, 7) is 1.33. The van der Waals surface area contributed by atoms with Crippen LogP contribution in [-0.4, -0.2) is 33.4 Å². The summed E-state index contributed by atoms with van der Waals surface area (Å²) in [5, 5.41) is 0. The minimum absolute atomic E-state index is 0.0180. The molecule has 0 aliphatic carbocycles. The fourth-order valence-corrected chi connectivity index (χ4v) is 1.97. The van der Waals surface area contributed by atoms with E-state index < -0.39 is 28.0 Å². The highest BCUT2D eigenvalue weighted by Gasteiger charge is 2.18. The standard InChI is InChI=1S/C11H14N2O5S/c1-7(10(12)14)18-11(15)8-4-3-5-9(6-8)19(16,17)13-2/h3-7,13H,1-2H3,(H2,12,14)/t7-/m1/s1. The predicted molar refractivity (Wildman–Crippen MR) is 66.8 cm³/mol. The van der Waals surface area contributed by atoms with Crippen LogP contribution in [0.1, 0.15) is 17.3 Å². The van der Waals surface area contributed by atoms with Gasteiger partial charge in [-0.05, 0) is 32.2 Å². The van der Waals surface area contributed by atoms with Crippen molar-refractivity contribution in [2.24, 2.45) is 5.73 Å². The molecule has 0 saturated carbocycles. The molecule has 1 aromatic rings. The van der Waals surface area contributed by atoms with Crippen LogP contribution in [0.25, 0.3) is 0 Å². The van der Waals surface area contributed by atoms with Crippen LogP contribution in [0.2, 0.25) is 0 Å². The Bertz CT molecular complexity index is 597. The van der Waals surface area contributed by atoms with Crippen LogP contribution < -0.4 is 10.5 Å². The molecule has 0 heterocycles. The second-order valence-electron chi connectivity index (χ2n) is 3.69. The second kappa shape index (κ2) is 5.81. The van der Waals surface area contributed by atoms with Crippen LogP contribution >= 0.6 is 0 Å². The number of carbonyl (C=O) groups excluding carboxylic acids is 2. The Balaban J connectivity index is 3.00. The van der Waals surface area contributed by atoms with E-state index in [2.05, 4.69) is 4.72 Å². The maximum Gasteiger partial charge on any atom is 0.338 e. The minimum atomic E-state index is -3.65. The number of hydrogen-bond donors (Lipinski definition) is 2. The van der Waals surface area contributed by atoms with Crippen molar-refractivity contribution in [3.63, 3.8) is 0 Å². The van der Waals surface area contributed by atoms with Crippen LogP contribution in [0.5, 0.6) is 0 Å². The fraction of sp³-hybridized carbons (Fsp3) is 0.273. The third kappa shape index (κ3) is 3.76. The van der Waals surface area contributed by atoms with Crippen LogP contribution in [0.15, 0.2) is 29.2 Å². The maximum atomic E-state index is 11.7. The summed E-state index contributed by atoms with van der Waals surface area (Å²) in [5.41, 5.74) is 4.98. The summed E-state index contributed by atoms with van der Waals surface area (Å²) in [6.07, 6.45) is -1.09. The Morgan fingerprint density at radius 2 is 2.00 bits per heavy atom. The molecule has 0 aromatic heterocycles. The lowest BCUT2D eigenvalue weighted by Crippen LogP contribution is -2.30. The van der Waals surface area contributed by atoms with Gasteiger partial charge in [-0.15, -0.1) is 0 Å². The van der Waals surface area contributed by atoms with Gasteiger partial charge in [-0.2, -0.15) is 0 Å². The first-order valence-corrected chi connectivity index (χ1v) is 6.80. The molecule has 0 saturated heterocycles. The van der Waals surface area contributed by atoms with E-state index in [1.54, 1.807) is 0 Å². The van der Waals surface area contributed by atoms with Gasteiger partial charge >= 0.3 is 5.97 Å². The number of nitrogens with two attached hydrogens (primary N) is 1. The number of sulfonamides is 1. The topological polar surface area (TPSA) is 116 Å². The molecule has 1 atom stereocenters. The first-order chi connectivity index (χ1) is 8.77. The zero-order valence-electron chi connectivity index (χ0n) is 10.4. The van der Waals surface area contributed by atoms with Gasteiger partial charge in [-0.25, -0.2) is 17.9 Å². The normalized spacial score (nSPS) is 12.7. The summed E-state index contributed by atoms with van der Waals surface area (Å²) in [6, 6.07) is 5.27. The van der Waals surface area contributed by atoms with Crippen molar-refractivity contribution in [3.8, 4) is 0 Å². The number of amides is 1.